The van der Waals surface area contributed by atoms with Crippen LogP contribution >= 0.6 is 11.6 Å². The minimum Gasteiger partial charge on any atom is -0.335 e. The molecule has 2 heterocycles. The lowest BCUT2D eigenvalue weighted by molar-refractivity contribution is -0.118. The van der Waals surface area contributed by atoms with Crippen molar-refractivity contribution in [2.24, 2.45) is 0 Å². The highest BCUT2D eigenvalue weighted by atomic mass is 35.5. The number of nitrogens with zero attached hydrogens (tertiary/aromatic N) is 1. The van der Waals surface area contributed by atoms with Gasteiger partial charge in [0.1, 0.15) is 5.66 Å². The molecule has 0 aromatic heterocycles. The molecule has 2 aliphatic rings. The van der Waals surface area contributed by atoms with Gasteiger partial charge in [-0.3, -0.25) is 4.79 Å². The quantitative estimate of drug-likeness (QED) is 0.874. The van der Waals surface area contributed by atoms with Crippen LogP contribution < -0.4 is 10.2 Å². The maximum Gasteiger partial charge on any atom is 0.241 e. The number of carbonyl (C=O) groups is 1. The first-order chi connectivity index (χ1) is 11.8. The highest BCUT2D eigenvalue weighted by molar-refractivity contribution is 6.32. The minimum atomic E-state index is -0.584. The summed E-state index contributed by atoms with van der Waals surface area (Å²) < 4.78 is 0. The molecule has 0 radical (unpaired) electrons. The van der Waals surface area contributed by atoms with Gasteiger partial charge < -0.3 is 10.2 Å². The fourth-order valence-electron chi connectivity index (χ4n) is 4.11. The van der Waals surface area contributed by atoms with E-state index in [0.717, 1.165) is 11.3 Å². The third kappa shape index (κ3) is 2.22. The summed E-state index contributed by atoms with van der Waals surface area (Å²) in [4.78, 5) is 14.5. The molecule has 2 aromatic carbocycles. The summed E-state index contributed by atoms with van der Waals surface area (Å²) in [6, 6.07) is 14.2. The lowest BCUT2D eigenvalue weighted by atomic mass is 9.75. The molecule has 1 unspecified atom stereocenters. The van der Waals surface area contributed by atoms with E-state index in [4.69, 9.17) is 11.6 Å². The predicted molar refractivity (Wildman–Crippen MR) is 103 cm³/mol. The standard InChI is InChI=1S/C21H21ClN2O/c1-14-8-9-18-16(12-14)20(2,3)21(23-19(25)13-24(18)21)11-10-15-6-4-5-7-17(15)22/h4-12H,13H2,1-3H3,(H,23,25)/b11-10+. The zero-order chi connectivity index (χ0) is 17.8. The molecule has 4 rings (SSSR count). The molecule has 25 heavy (non-hydrogen) atoms. The van der Waals surface area contributed by atoms with E-state index in [9.17, 15) is 4.79 Å². The number of halogens is 1. The van der Waals surface area contributed by atoms with Crippen molar-refractivity contribution >= 4 is 29.3 Å². The van der Waals surface area contributed by atoms with Crippen LogP contribution in [-0.4, -0.2) is 18.1 Å². The zero-order valence-corrected chi connectivity index (χ0v) is 15.4. The first-order valence-corrected chi connectivity index (χ1v) is 8.86. The van der Waals surface area contributed by atoms with Crippen molar-refractivity contribution in [1.82, 2.24) is 5.32 Å². The van der Waals surface area contributed by atoms with Crippen molar-refractivity contribution < 1.29 is 4.79 Å². The molecule has 0 bridgehead atoms. The van der Waals surface area contributed by atoms with Gasteiger partial charge in [-0.1, -0.05) is 67.4 Å². The number of rotatable bonds is 2. The van der Waals surface area contributed by atoms with Crippen LogP contribution in [0.3, 0.4) is 0 Å². The Kier molecular flexibility index (Phi) is 3.48. The van der Waals surface area contributed by atoms with Gasteiger partial charge in [0.2, 0.25) is 5.91 Å². The first-order valence-electron chi connectivity index (χ1n) is 8.49. The number of hydrogen-bond donors (Lipinski definition) is 1. The first kappa shape index (κ1) is 16.2. The summed E-state index contributed by atoms with van der Waals surface area (Å²) in [5.74, 6) is 0.0445. The molecule has 0 saturated carbocycles. The summed E-state index contributed by atoms with van der Waals surface area (Å²) in [6.45, 7) is 6.85. The molecule has 1 fully saturated rings. The number of hydrogen-bond acceptors (Lipinski definition) is 2. The van der Waals surface area contributed by atoms with Crippen LogP contribution in [-0.2, 0) is 10.2 Å². The monoisotopic (exact) mass is 352 g/mol. The van der Waals surface area contributed by atoms with E-state index in [1.54, 1.807) is 0 Å². The lowest BCUT2D eigenvalue weighted by Gasteiger charge is -2.40. The smallest absolute Gasteiger partial charge is 0.241 e. The number of nitrogens with one attached hydrogen (secondary N) is 1. The Balaban J connectivity index is 1.87. The SMILES string of the molecule is Cc1ccc2c(c1)C(C)(C)C1(/C=C/c3ccccc3Cl)NC(=O)CN21. The van der Waals surface area contributed by atoms with Gasteiger partial charge in [0, 0.05) is 16.1 Å². The maximum atomic E-state index is 12.3. The van der Waals surface area contributed by atoms with Crippen LogP contribution in [0.25, 0.3) is 6.08 Å². The molecular formula is C21H21ClN2O. The number of anilines is 1. The van der Waals surface area contributed by atoms with Crippen molar-refractivity contribution in [2.45, 2.75) is 31.8 Å². The molecule has 2 aromatic rings. The minimum absolute atomic E-state index is 0.0445. The largest absolute Gasteiger partial charge is 0.335 e. The van der Waals surface area contributed by atoms with E-state index in [2.05, 4.69) is 55.3 Å². The molecular weight excluding hydrogens is 332 g/mol. The Morgan fingerprint density at radius 2 is 1.96 bits per heavy atom. The zero-order valence-electron chi connectivity index (χ0n) is 14.6. The normalized spacial score (nSPS) is 23.7. The molecule has 0 aliphatic carbocycles. The Hall–Kier alpha value is -2.26. The number of carbonyl (C=O) groups excluding carboxylic acids is 1. The molecule has 4 heteroatoms. The van der Waals surface area contributed by atoms with Gasteiger partial charge in [0.15, 0.2) is 0 Å². The summed E-state index contributed by atoms with van der Waals surface area (Å²) in [7, 11) is 0. The summed E-state index contributed by atoms with van der Waals surface area (Å²) >= 11 is 6.31. The maximum absolute atomic E-state index is 12.3. The molecule has 128 valence electrons. The highest BCUT2D eigenvalue weighted by Gasteiger charge is 2.59. The van der Waals surface area contributed by atoms with Crippen LogP contribution in [0.15, 0.2) is 48.5 Å². The van der Waals surface area contributed by atoms with Gasteiger partial charge in [-0.2, -0.15) is 0 Å². The van der Waals surface area contributed by atoms with Crippen LogP contribution in [0, 0.1) is 6.92 Å². The van der Waals surface area contributed by atoms with Gasteiger partial charge >= 0.3 is 0 Å². The number of benzene rings is 2. The second-order valence-electron chi connectivity index (χ2n) is 7.40. The Bertz CT molecular complexity index is 903. The van der Waals surface area contributed by atoms with E-state index < -0.39 is 5.66 Å². The van der Waals surface area contributed by atoms with Crippen LogP contribution in [0.5, 0.6) is 0 Å². The fraction of sp³-hybridized carbons (Fsp3) is 0.286. The van der Waals surface area contributed by atoms with E-state index in [0.29, 0.717) is 11.6 Å². The molecule has 2 aliphatic heterocycles. The predicted octanol–water partition coefficient (Wildman–Crippen LogP) is 4.29. The second kappa shape index (κ2) is 5.37. The number of amides is 1. The Morgan fingerprint density at radius 3 is 2.72 bits per heavy atom. The number of fused-ring (bicyclic) bond motifs is 3. The Morgan fingerprint density at radius 1 is 1.20 bits per heavy atom. The van der Waals surface area contributed by atoms with Crippen molar-refractivity contribution in [2.75, 3.05) is 11.4 Å². The molecule has 1 saturated heterocycles. The lowest BCUT2D eigenvalue weighted by Crippen LogP contribution is -2.58. The van der Waals surface area contributed by atoms with Gasteiger partial charge in [-0.05, 0) is 36.3 Å². The fourth-order valence-corrected chi connectivity index (χ4v) is 4.31. The van der Waals surface area contributed by atoms with Crippen molar-refractivity contribution in [3.05, 3.63) is 70.3 Å². The molecule has 1 N–H and O–H groups in total. The van der Waals surface area contributed by atoms with Crippen LogP contribution in [0.1, 0.15) is 30.5 Å². The molecule has 3 nitrogen and oxygen atoms in total. The molecule has 1 atom stereocenters. The van der Waals surface area contributed by atoms with Crippen molar-refractivity contribution in [1.29, 1.82) is 0 Å². The average Bonchev–Trinajstić information content (AvgIpc) is 2.99. The topological polar surface area (TPSA) is 32.3 Å². The third-order valence-electron chi connectivity index (χ3n) is 5.54. The van der Waals surface area contributed by atoms with E-state index in [-0.39, 0.29) is 11.3 Å². The van der Waals surface area contributed by atoms with E-state index in [1.807, 2.05) is 30.3 Å². The van der Waals surface area contributed by atoms with Crippen LogP contribution in [0.4, 0.5) is 5.69 Å². The van der Waals surface area contributed by atoms with E-state index >= 15 is 0 Å². The van der Waals surface area contributed by atoms with Gasteiger partial charge in [-0.25, -0.2) is 0 Å². The summed E-state index contributed by atoms with van der Waals surface area (Å²) in [5, 5.41) is 3.94. The third-order valence-corrected chi connectivity index (χ3v) is 5.88. The van der Waals surface area contributed by atoms with Crippen molar-refractivity contribution in [3.63, 3.8) is 0 Å². The molecule has 0 spiro atoms. The van der Waals surface area contributed by atoms with Gasteiger partial charge in [0.25, 0.3) is 0 Å². The summed E-state index contributed by atoms with van der Waals surface area (Å²) in [6.07, 6.45) is 4.11. The summed E-state index contributed by atoms with van der Waals surface area (Å²) in [5.41, 5.74) is 3.71. The van der Waals surface area contributed by atoms with Crippen molar-refractivity contribution in [3.8, 4) is 0 Å². The van der Waals surface area contributed by atoms with Gasteiger partial charge in [-0.15, -0.1) is 0 Å². The van der Waals surface area contributed by atoms with Gasteiger partial charge in [0.05, 0.1) is 6.54 Å². The Labute approximate surface area is 153 Å². The van der Waals surface area contributed by atoms with Crippen LogP contribution in [0.2, 0.25) is 5.02 Å². The second-order valence-corrected chi connectivity index (χ2v) is 7.81. The highest BCUT2D eigenvalue weighted by Crippen LogP contribution is 2.53. The average molecular weight is 353 g/mol. The van der Waals surface area contributed by atoms with E-state index in [1.165, 1.54) is 11.1 Å². The number of aryl methyl sites for hydroxylation is 1. The molecule has 1 amide bonds.